The van der Waals surface area contributed by atoms with Crippen molar-refractivity contribution >= 4 is 32.7 Å². The standard InChI is InChI=1S/C29H25BrN4O/c1-18-8-4-7-11-28(18)34-20(3)25(19(2)33-34)17-31-29(35)24-16-27(21-12-14-22(30)15-13-21)32-26-10-6-5-9-23(24)26/h4-16H,17H2,1-3H3,(H,31,35). The zero-order valence-electron chi connectivity index (χ0n) is 19.8. The van der Waals surface area contributed by atoms with Crippen LogP contribution in [0.4, 0.5) is 0 Å². The molecule has 5 rings (SSSR count). The zero-order valence-corrected chi connectivity index (χ0v) is 21.4. The number of carbonyl (C=O) groups is 1. The molecule has 5 nitrogen and oxygen atoms in total. The van der Waals surface area contributed by atoms with Crippen LogP contribution in [0, 0.1) is 20.8 Å². The normalized spacial score (nSPS) is 11.1. The third-order valence-corrected chi connectivity index (χ3v) is 6.84. The number of para-hydroxylation sites is 2. The summed E-state index contributed by atoms with van der Waals surface area (Å²) in [4.78, 5) is 18.3. The first-order valence-corrected chi connectivity index (χ1v) is 12.3. The molecule has 0 unspecified atom stereocenters. The summed E-state index contributed by atoms with van der Waals surface area (Å²) in [6, 6.07) is 25.7. The summed E-state index contributed by atoms with van der Waals surface area (Å²) in [5.74, 6) is -0.135. The van der Waals surface area contributed by atoms with Gasteiger partial charge in [-0.2, -0.15) is 5.10 Å². The Balaban J connectivity index is 1.47. The molecule has 0 aliphatic carbocycles. The van der Waals surface area contributed by atoms with Crippen LogP contribution in [-0.2, 0) is 6.54 Å². The highest BCUT2D eigenvalue weighted by Crippen LogP contribution is 2.26. The van der Waals surface area contributed by atoms with Gasteiger partial charge in [0.15, 0.2) is 0 Å². The first-order chi connectivity index (χ1) is 16.9. The van der Waals surface area contributed by atoms with E-state index in [1.807, 2.05) is 85.3 Å². The summed E-state index contributed by atoms with van der Waals surface area (Å²) in [6.45, 7) is 6.50. The van der Waals surface area contributed by atoms with Gasteiger partial charge in [-0.15, -0.1) is 0 Å². The van der Waals surface area contributed by atoms with E-state index in [9.17, 15) is 4.79 Å². The number of pyridine rings is 1. The smallest absolute Gasteiger partial charge is 0.252 e. The molecular formula is C29H25BrN4O. The minimum Gasteiger partial charge on any atom is -0.348 e. The number of aryl methyl sites for hydroxylation is 2. The molecule has 0 bridgehead atoms. The lowest BCUT2D eigenvalue weighted by atomic mass is 10.0. The summed E-state index contributed by atoms with van der Waals surface area (Å²) in [7, 11) is 0. The Morgan fingerprint density at radius 3 is 2.43 bits per heavy atom. The van der Waals surface area contributed by atoms with E-state index in [4.69, 9.17) is 10.1 Å². The summed E-state index contributed by atoms with van der Waals surface area (Å²) in [6.07, 6.45) is 0. The largest absolute Gasteiger partial charge is 0.348 e. The lowest BCUT2D eigenvalue weighted by Crippen LogP contribution is -2.24. The molecule has 0 fully saturated rings. The van der Waals surface area contributed by atoms with E-state index < -0.39 is 0 Å². The molecule has 5 aromatic rings. The van der Waals surface area contributed by atoms with Gasteiger partial charge in [0.05, 0.1) is 28.2 Å². The fraction of sp³-hybridized carbons (Fsp3) is 0.138. The van der Waals surface area contributed by atoms with Crippen molar-refractivity contribution in [2.45, 2.75) is 27.3 Å². The maximum atomic E-state index is 13.4. The number of aromatic nitrogens is 3. The Kier molecular flexibility index (Phi) is 6.22. The number of benzene rings is 3. The van der Waals surface area contributed by atoms with Gasteiger partial charge in [-0.25, -0.2) is 9.67 Å². The average Bonchev–Trinajstić information content (AvgIpc) is 3.15. The minimum atomic E-state index is -0.135. The third-order valence-electron chi connectivity index (χ3n) is 6.31. The Bertz CT molecular complexity index is 1550. The van der Waals surface area contributed by atoms with E-state index in [0.717, 1.165) is 54.8 Å². The molecule has 0 aliphatic heterocycles. The fourth-order valence-corrected chi connectivity index (χ4v) is 4.63. The van der Waals surface area contributed by atoms with Gasteiger partial charge in [0.1, 0.15) is 0 Å². The van der Waals surface area contributed by atoms with Gasteiger partial charge in [0.2, 0.25) is 0 Å². The van der Waals surface area contributed by atoms with Crippen LogP contribution in [0.5, 0.6) is 0 Å². The maximum absolute atomic E-state index is 13.4. The van der Waals surface area contributed by atoms with Crippen molar-refractivity contribution < 1.29 is 4.79 Å². The van der Waals surface area contributed by atoms with Gasteiger partial charge in [-0.05, 0) is 56.7 Å². The quantitative estimate of drug-likeness (QED) is 0.278. The molecule has 1 N–H and O–H groups in total. The summed E-state index contributed by atoms with van der Waals surface area (Å²) < 4.78 is 2.96. The molecule has 3 aromatic carbocycles. The third kappa shape index (κ3) is 4.49. The van der Waals surface area contributed by atoms with Crippen LogP contribution >= 0.6 is 15.9 Å². The molecule has 0 aliphatic rings. The lowest BCUT2D eigenvalue weighted by Gasteiger charge is -2.12. The van der Waals surface area contributed by atoms with Crippen molar-refractivity contribution in [1.82, 2.24) is 20.1 Å². The average molecular weight is 525 g/mol. The van der Waals surface area contributed by atoms with Gasteiger partial charge < -0.3 is 5.32 Å². The number of nitrogens with zero attached hydrogens (tertiary/aromatic N) is 3. The maximum Gasteiger partial charge on any atom is 0.252 e. The molecule has 0 saturated carbocycles. The van der Waals surface area contributed by atoms with Gasteiger partial charge in [-0.3, -0.25) is 4.79 Å². The number of carbonyl (C=O) groups excluding carboxylic acids is 1. The molecular weight excluding hydrogens is 500 g/mol. The number of nitrogens with one attached hydrogen (secondary N) is 1. The molecule has 1 amide bonds. The number of rotatable bonds is 5. The molecule has 0 saturated heterocycles. The van der Waals surface area contributed by atoms with Crippen molar-refractivity contribution in [1.29, 1.82) is 0 Å². The lowest BCUT2D eigenvalue weighted by molar-refractivity contribution is 0.0952. The topological polar surface area (TPSA) is 59.8 Å². The van der Waals surface area contributed by atoms with Crippen LogP contribution in [0.3, 0.4) is 0 Å². The summed E-state index contributed by atoms with van der Waals surface area (Å²) in [5.41, 5.74) is 8.26. The highest BCUT2D eigenvalue weighted by molar-refractivity contribution is 9.10. The van der Waals surface area contributed by atoms with Crippen molar-refractivity contribution in [2.75, 3.05) is 0 Å². The molecule has 35 heavy (non-hydrogen) atoms. The van der Waals surface area contributed by atoms with Crippen LogP contribution in [-0.4, -0.2) is 20.7 Å². The second-order valence-electron chi connectivity index (χ2n) is 8.61. The summed E-state index contributed by atoms with van der Waals surface area (Å²) in [5, 5.41) is 8.71. The first kappa shape index (κ1) is 23.0. The zero-order chi connectivity index (χ0) is 24.5. The van der Waals surface area contributed by atoms with E-state index in [1.165, 1.54) is 0 Å². The van der Waals surface area contributed by atoms with Crippen molar-refractivity contribution in [3.05, 3.63) is 111 Å². The Morgan fingerprint density at radius 2 is 1.66 bits per heavy atom. The minimum absolute atomic E-state index is 0.135. The number of hydrogen-bond acceptors (Lipinski definition) is 3. The van der Waals surface area contributed by atoms with Crippen LogP contribution in [0.1, 0.15) is 32.9 Å². The van der Waals surface area contributed by atoms with E-state index in [1.54, 1.807) is 0 Å². The molecule has 0 radical (unpaired) electrons. The summed E-state index contributed by atoms with van der Waals surface area (Å²) >= 11 is 3.48. The fourth-order valence-electron chi connectivity index (χ4n) is 4.36. The monoisotopic (exact) mass is 524 g/mol. The molecule has 2 aromatic heterocycles. The second kappa shape index (κ2) is 9.47. The molecule has 174 valence electrons. The van der Waals surface area contributed by atoms with Crippen molar-refractivity contribution in [2.24, 2.45) is 0 Å². The van der Waals surface area contributed by atoms with Crippen LogP contribution in [0.2, 0.25) is 0 Å². The van der Waals surface area contributed by atoms with Gasteiger partial charge in [-0.1, -0.05) is 64.5 Å². The number of fused-ring (bicyclic) bond motifs is 1. The molecule has 0 atom stereocenters. The predicted molar refractivity (Wildman–Crippen MR) is 144 cm³/mol. The SMILES string of the molecule is Cc1ccccc1-n1nc(C)c(CNC(=O)c2cc(-c3ccc(Br)cc3)nc3ccccc23)c1C. The molecule has 0 spiro atoms. The van der Waals surface area contributed by atoms with E-state index >= 15 is 0 Å². The van der Waals surface area contributed by atoms with Gasteiger partial charge >= 0.3 is 0 Å². The van der Waals surface area contributed by atoms with Crippen molar-refractivity contribution in [3.8, 4) is 16.9 Å². The Hall–Kier alpha value is -3.77. The number of hydrogen-bond donors (Lipinski definition) is 1. The van der Waals surface area contributed by atoms with Crippen LogP contribution in [0.15, 0.2) is 83.3 Å². The Morgan fingerprint density at radius 1 is 0.943 bits per heavy atom. The second-order valence-corrected chi connectivity index (χ2v) is 9.53. The van der Waals surface area contributed by atoms with Crippen LogP contribution in [0.25, 0.3) is 27.8 Å². The van der Waals surface area contributed by atoms with Gasteiger partial charge in [0.25, 0.3) is 5.91 Å². The molecule has 6 heteroatoms. The van der Waals surface area contributed by atoms with E-state index in [2.05, 4.69) is 40.3 Å². The predicted octanol–water partition coefficient (Wildman–Crippen LogP) is 6.71. The highest BCUT2D eigenvalue weighted by Gasteiger charge is 2.17. The number of amides is 1. The first-order valence-electron chi connectivity index (χ1n) is 11.5. The molecule has 2 heterocycles. The van der Waals surface area contributed by atoms with Crippen LogP contribution < -0.4 is 5.32 Å². The Labute approximate surface area is 213 Å². The van der Waals surface area contributed by atoms with E-state index in [-0.39, 0.29) is 5.91 Å². The van der Waals surface area contributed by atoms with Crippen molar-refractivity contribution in [3.63, 3.8) is 0 Å². The van der Waals surface area contributed by atoms with Gasteiger partial charge in [0, 0.05) is 33.2 Å². The highest BCUT2D eigenvalue weighted by atomic mass is 79.9. The number of halogens is 1. The van der Waals surface area contributed by atoms with E-state index in [0.29, 0.717) is 12.1 Å².